The summed E-state index contributed by atoms with van der Waals surface area (Å²) >= 11 is 0. The Morgan fingerprint density at radius 3 is 2.19 bits per heavy atom. The van der Waals surface area contributed by atoms with Gasteiger partial charge in [-0.3, -0.25) is 0 Å². The predicted octanol–water partition coefficient (Wildman–Crippen LogP) is 5.60. The SMILES string of the molecule is Cc1ccc(S(=O)(=O)c2nc(C=Cc3ccccc3)oc2NCc2ccccc2)cc1. The Morgan fingerprint density at radius 2 is 1.52 bits per heavy atom. The lowest BCUT2D eigenvalue weighted by atomic mass is 10.2. The number of anilines is 1. The third-order valence-corrected chi connectivity index (χ3v) is 6.39. The largest absolute Gasteiger partial charge is 0.420 e. The lowest BCUT2D eigenvalue weighted by molar-refractivity contribution is 0.554. The summed E-state index contributed by atoms with van der Waals surface area (Å²) in [7, 11) is -3.85. The van der Waals surface area contributed by atoms with Gasteiger partial charge in [0.1, 0.15) is 0 Å². The van der Waals surface area contributed by atoms with E-state index < -0.39 is 9.84 Å². The van der Waals surface area contributed by atoms with Gasteiger partial charge in [-0.2, -0.15) is 4.98 Å². The van der Waals surface area contributed by atoms with Crippen molar-refractivity contribution in [2.45, 2.75) is 23.4 Å². The summed E-state index contributed by atoms with van der Waals surface area (Å²) in [6.45, 7) is 2.32. The zero-order valence-electron chi connectivity index (χ0n) is 17.0. The highest BCUT2D eigenvalue weighted by Gasteiger charge is 2.27. The Kier molecular flexibility index (Phi) is 6.00. The molecule has 5 nitrogen and oxygen atoms in total. The van der Waals surface area contributed by atoms with Crippen molar-refractivity contribution in [1.82, 2.24) is 4.98 Å². The van der Waals surface area contributed by atoms with E-state index in [0.717, 1.165) is 16.7 Å². The normalized spacial score (nSPS) is 11.6. The summed E-state index contributed by atoms with van der Waals surface area (Å²) in [5.74, 6) is 0.335. The Hall–Kier alpha value is -3.64. The van der Waals surface area contributed by atoms with E-state index in [9.17, 15) is 8.42 Å². The van der Waals surface area contributed by atoms with Crippen molar-refractivity contribution in [1.29, 1.82) is 0 Å². The van der Waals surface area contributed by atoms with Gasteiger partial charge in [0.25, 0.3) is 0 Å². The standard InChI is InChI=1S/C25H22N2O3S/c1-19-12-15-22(16-13-19)31(28,29)25-24(26-18-21-10-6-3-7-11-21)30-23(27-25)17-14-20-8-4-2-5-9-20/h2-17,26H,18H2,1H3. The molecular weight excluding hydrogens is 408 g/mol. The van der Waals surface area contributed by atoms with Gasteiger partial charge >= 0.3 is 0 Å². The molecule has 1 heterocycles. The van der Waals surface area contributed by atoms with Gasteiger partial charge in [-0.15, -0.1) is 0 Å². The molecule has 0 radical (unpaired) electrons. The molecule has 0 spiro atoms. The quantitative estimate of drug-likeness (QED) is 0.413. The first-order valence-corrected chi connectivity index (χ1v) is 11.3. The second-order valence-electron chi connectivity index (χ2n) is 7.09. The van der Waals surface area contributed by atoms with Crippen LogP contribution in [0.25, 0.3) is 12.2 Å². The molecule has 0 saturated carbocycles. The van der Waals surface area contributed by atoms with E-state index in [-0.39, 0.29) is 21.7 Å². The molecule has 31 heavy (non-hydrogen) atoms. The van der Waals surface area contributed by atoms with E-state index in [0.29, 0.717) is 6.54 Å². The van der Waals surface area contributed by atoms with Gasteiger partial charge in [0, 0.05) is 12.6 Å². The van der Waals surface area contributed by atoms with Crippen LogP contribution in [0.5, 0.6) is 0 Å². The Bertz CT molecular complexity index is 1280. The van der Waals surface area contributed by atoms with Crippen LogP contribution < -0.4 is 5.32 Å². The number of rotatable bonds is 7. The van der Waals surface area contributed by atoms with Crippen LogP contribution in [0.1, 0.15) is 22.6 Å². The monoisotopic (exact) mass is 430 g/mol. The molecule has 0 aliphatic carbocycles. The predicted molar refractivity (Wildman–Crippen MR) is 122 cm³/mol. The van der Waals surface area contributed by atoms with E-state index in [2.05, 4.69) is 10.3 Å². The molecule has 0 aliphatic rings. The van der Waals surface area contributed by atoms with Crippen LogP contribution in [0, 0.1) is 6.92 Å². The minimum Gasteiger partial charge on any atom is -0.420 e. The van der Waals surface area contributed by atoms with Crippen molar-refractivity contribution in [2.24, 2.45) is 0 Å². The fourth-order valence-corrected chi connectivity index (χ4v) is 4.31. The zero-order valence-corrected chi connectivity index (χ0v) is 17.8. The Morgan fingerprint density at radius 1 is 0.871 bits per heavy atom. The fourth-order valence-electron chi connectivity index (χ4n) is 3.03. The van der Waals surface area contributed by atoms with Crippen LogP contribution in [0.3, 0.4) is 0 Å². The van der Waals surface area contributed by atoms with Crippen LogP contribution in [-0.2, 0) is 16.4 Å². The summed E-state index contributed by atoms with van der Waals surface area (Å²) < 4.78 is 32.4. The van der Waals surface area contributed by atoms with Crippen LogP contribution in [0.4, 0.5) is 5.88 Å². The van der Waals surface area contributed by atoms with Crippen molar-refractivity contribution in [2.75, 3.05) is 5.32 Å². The van der Waals surface area contributed by atoms with Gasteiger partial charge in [-0.05, 0) is 36.3 Å². The molecular formula is C25H22N2O3S. The maximum atomic E-state index is 13.3. The average Bonchev–Trinajstić information content (AvgIpc) is 3.22. The lowest BCUT2D eigenvalue weighted by Gasteiger charge is -2.06. The first-order valence-electron chi connectivity index (χ1n) is 9.86. The number of aryl methyl sites for hydroxylation is 1. The second kappa shape index (κ2) is 9.02. The smallest absolute Gasteiger partial charge is 0.234 e. The minimum absolute atomic E-state index is 0.122. The van der Waals surface area contributed by atoms with Gasteiger partial charge in [0.15, 0.2) is 0 Å². The van der Waals surface area contributed by atoms with Crippen molar-refractivity contribution < 1.29 is 12.8 Å². The highest BCUT2D eigenvalue weighted by molar-refractivity contribution is 7.91. The second-order valence-corrected chi connectivity index (χ2v) is 8.95. The topological polar surface area (TPSA) is 72.2 Å². The lowest BCUT2D eigenvalue weighted by Crippen LogP contribution is -2.07. The van der Waals surface area contributed by atoms with Gasteiger partial charge in [0.2, 0.25) is 26.6 Å². The minimum atomic E-state index is -3.85. The number of hydrogen-bond acceptors (Lipinski definition) is 5. The number of aromatic nitrogens is 1. The summed E-state index contributed by atoms with van der Waals surface area (Å²) in [5, 5.41) is 2.97. The molecule has 156 valence electrons. The Labute approximate surface area is 182 Å². The van der Waals surface area contributed by atoms with Crippen molar-refractivity contribution in [3.8, 4) is 0 Å². The first kappa shape index (κ1) is 20.6. The number of benzene rings is 3. The highest BCUT2D eigenvalue weighted by Crippen LogP contribution is 2.29. The third kappa shape index (κ3) is 4.92. The summed E-state index contributed by atoms with van der Waals surface area (Å²) in [5.41, 5.74) is 2.94. The number of nitrogens with zero attached hydrogens (tertiary/aromatic N) is 1. The number of nitrogens with one attached hydrogen (secondary N) is 1. The van der Waals surface area contributed by atoms with Crippen molar-refractivity contribution in [3.05, 3.63) is 108 Å². The number of sulfone groups is 1. The van der Waals surface area contributed by atoms with Gasteiger partial charge in [-0.25, -0.2) is 8.42 Å². The van der Waals surface area contributed by atoms with Crippen LogP contribution in [0.15, 0.2) is 99.3 Å². The summed E-state index contributed by atoms with van der Waals surface area (Å²) in [6, 6.07) is 26.0. The van der Waals surface area contributed by atoms with E-state index in [1.165, 1.54) is 0 Å². The molecule has 0 bridgehead atoms. The molecule has 0 amide bonds. The van der Waals surface area contributed by atoms with Crippen LogP contribution in [-0.4, -0.2) is 13.4 Å². The maximum absolute atomic E-state index is 13.3. The molecule has 4 rings (SSSR count). The molecule has 4 aromatic rings. The van der Waals surface area contributed by atoms with E-state index >= 15 is 0 Å². The fraction of sp³-hybridized carbons (Fsp3) is 0.0800. The molecule has 3 aromatic carbocycles. The van der Waals surface area contributed by atoms with Crippen molar-refractivity contribution >= 4 is 27.9 Å². The number of hydrogen-bond donors (Lipinski definition) is 1. The van der Waals surface area contributed by atoms with E-state index in [1.54, 1.807) is 30.3 Å². The van der Waals surface area contributed by atoms with Gasteiger partial charge < -0.3 is 9.73 Å². The molecule has 0 atom stereocenters. The summed E-state index contributed by atoms with van der Waals surface area (Å²) in [4.78, 5) is 4.48. The van der Waals surface area contributed by atoms with E-state index in [4.69, 9.17) is 4.42 Å². The third-order valence-electron chi connectivity index (χ3n) is 4.71. The zero-order chi connectivity index (χ0) is 21.7. The molecule has 6 heteroatoms. The molecule has 1 N–H and O–H groups in total. The average molecular weight is 431 g/mol. The van der Waals surface area contributed by atoms with Crippen LogP contribution in [0.2, 0.25) is 0 Å². The molecule has 0 saturated heterocycles. The van der Waals surface area contributed by atoms with Gasteiger partial charge in [0.05, 0.1) is 4.90 Å². The first-order chi connectivity index (χ1) is 15.0. The van der Waals surface area contributed by atoms with Crippen LogP contribution >= 0.6 is 0 Å². The van der Waals surface area contributed by atoms with Gasteiger partial charge in [-0.1, -0.05) is 78.4 Å². The summed E-state index contributed by atoms with van der Waals surface area (Å²) in [6.07, 6.45) is 3.49. The maximum Gasteiger partial charge on any atom is 0.234 e. The van der Waals surface area contributed by atoms with E-state index in [1.807, 2.05) is 73.7 Å². The highest BCUT2D eigenvalue weighted by atomic mass is 32.2. The molecule has 0 aliphatic heterocycles. The van der Waals surface area contributed by atoms with Crippen molar-refractivity contribution in [3.63, 3.8) is 0 Å². The number of oxazole rings is 1. The molecule has 0 unspecified atom stereocenters. The molecule has 1 aromatic heterocycles. The Balaban J connectivity index is 1.69. The molecule has 0 fully saturated rings.